The van der Waals surface area contributed by atoms with E-state index in [1.165, 1.54) is 15.8 Å². The highest BCUT2D eigenvalue weighted by atomic mass is 32.1. The molecular formula is C16H18N2OS. The normalized spacial score (nSPS) is 12.7. The third kappa shape index (κ3) is 2.71. The van der Waals surface area contributed by atoms with Crippen molar-refractivity contribution in [2.24, 2.45) is 5.73 Å². The Labute approximate surface area is 122 Å². The number of hydrogen-bond acceptors (Lipinski definition) is 3. The summed E-state index contributed by atoms with van der Waals surface area (Å²) < 4.78 is 1.87. The molecule has 2 heterocycles. The lowest BCUT2D eigenvalue weighted by molar-refractivity contribution is 0.109. The number of nitrogens with zero attached hydrogens (tertiary/aromatic N) is 1. The van der Waals surface area contributed by atoms with E-state index in [-0.39, 0.29) is 6.04 Å². The van der Waals surface area contributed by atoms with Gasteiger partial charge in [0.25, 0.3) is 0 Å². The second kappa shape index (κ2) is 5.69. The SMILES string of the molecule is CC(N)Cc1cn(OCc2cccs2)c2ccccc12. The van der Waals surface area contributed by atoms with Gasteiger partial charge in [-0.15, -0.1) is 11.3 Å². The van der Waals surface area contributed by atoms with E-state index in [0.29, 0.717) is 6.61 Å². The monoisotopic (exact) mass is 286 g/mol. The van der Waals surface area contributed by atoms with Gasteiger partial charge in [0.15, 0.2) is 0 Å². The van der Waals surface area contributed by atoms with Crippen LogP contribution in [0.1, 0.15) is 17.4 Å². The zero-order valence-electron chi connectivity index (χ0n) is 11.5. The average Bonchev–Trinajstić information content (AvgIpc) is 3.05. The van der Waals surface area contributed by atoms with Crippen molar-refractivity contribution in [3.63, 3.8) is 0 Å². The van der Waals surface area contributed by atoms with Crippen LogP contribution in [-0.2, 0) is 13.0 Å². The Morgan fingerprint density at radius 2 is 2.10 bits per heavy atom. The molecule has 104 valence electrons. The van der Waals surface area contributed by atoms with Crippen LogP contribution < -0.4 is 10.6 Å². The number of benzene rings is 1. The Morgan fingerprint density at radius 1 is 1.25 bits per heavy atom. The first-order valence-electron chi connectivity index (χ1n) is 6.74. The van der Waals surface area contributed by atoms with Crippen molar-refractivity contribution in [3.8, 4) is 0 Å². The maximum Gasteiger partial charge on any atom is 0.149 e. The Hall–Kier alpha value is -1.78. The first-order valence-corrected chi connectivity index (χ1v) is 7.62. The molecule has 0 radical (unpaired) electrons. The molecule has 0 bridgehead atoms. The summed E-state index contributed by atoms with van der Waals surface area (Å²) in [7, 11) is 0. The summed E-state index contributed by atoms with van der Waals surface area (Å²) in [6.45, 7) is 2.62. The fourth-order valence-corrected chi connectivity index (χ4v) is 2.97. The smallest absolute Gasteiger partial charge is 0.149 e. The van der Waals surface area contributed by atoms with Crippen LogP contribution in [0.5, 0.6) is 0 Å². The molecule has 3 rings (SSSR count). The molecule has 0 aliphatic rings. The summed E-state index contributed by atoms with van der Waals surface area (Å²) in [5.41, 5.74) is 8.26. The van der Waals surface area contributed by atoms with Crippen molar-refractivity contribution >= 4 is 22.2 Å². The Balaban J connectivity index is 1.90. The van der Waals surface area contributed by atoms with Crippen molar-refractivity contribution in [1.29, 1.82) is 0 Å². The third-order valence-corrected chi connectivity index (χ3v) is 4.08. The molecule has 2 N–H and O–H groups in total. The van der Waals surface area contributed by atoms with Crippen LogP contribution in [0.25, 0.3) is 10.9 Å². The minimum Gasteiger partial charge on any atom is -0.408 e. The van der Waals surface area contributed by atoms with Gasteiger partial charge in [0.1, 0.15) is 6.61 Å². The largest absolute Gasteiger partial charge is 0.408 e. The number of aromatic nitrogens is 1. The topological polar surface area (TPSA) is 40.2 Å². The van der Waals surface area contributed by atoms with Crippen LogP contribution in [0.15, 0.2) is 48.0 Å². The Bertz CT molecular complexity index is 686. The van der Waals surface area contributed by atoms with Crippen molar-refractivity contribution < 1.29 is 4.84 Å². The molecule has 0 saturated carbocycles. The zero-order chi connectivity index (χ0) is 13.9. The summed E-state index contributed by atoms with van der Waals surface area (Å²) in [6, 6.07) is 12.6. The lowest BCUT2D eigenvalue weighted by atomic mass is 10.1. The molecule has 0 fully saturated rings. The van der Waals surface area contributed by atoms with Gasteiger partial charge in [0.05, 0.1) is 5.52 Å². The highest BCUT2D eigenvalue weighted by molar-refractivity contribution is 7.09. The van der Waals surface area contributed by atoms with E-state index in [1.807, 2.05) is 23.8 Å². The van der Waals surface area contributed by atoms with Gasteiger partial charge in [-0.1, -0.05) is 24.3 Å². The molecule has 0 saturated heterocycles. The average molecular weight is 286 g/mol. The quantitative estimate of drug-likeness (QED) is 0.782. The maximum absolute atomic E-state index is 5.93. The van der Waals surface area contributed by atoms with E-state index in [0.717, 1.165) is 11.9 Å². The van der Waals surface area contributed by atoms with Crippen molar-refractivity contribution in [2.45, 2.75) is 26.0 Å². The van der Waals surface area contributed by atoms with Crippen molar-refractivity contribution in [3.05, 3.63) is 58.4 Å². The molecule has 20 heavy (non-hydrogen) atoms. The molecule has 0 amide bonds. The molecule has 4 heteroatoms. The van der Waals surface area contributed by atoms with Crippen LogP contribution in [0, 0.1) is 0 Å². The molecule has 1 atom stereocenters. The second-order valence-corrected chi connectivity index (χ2v) is 6.06. The zero-order valence-corrected chi connectivity index (χ0v) is 12.3. The van der Waals surface area contributed by atoms with Gasteiger partial charge in [-0.3, -0.25) is 0 Å². The van der Waals surface area contributed by atoms with Crippen LogP contribution in [0.4, 0.5) is 0 Å². The van der Waals surface area contributed by atoms with Gasteiger partial charge in [-0.05, 0) is 36.4 Å². The Morgan fingerprint density at radius 3 is 2.85 bits per heavy atom. The summed E-state index contributed by atoms with van der Waals surface area (Å²) in [5, 5.41) is 3.28. The predicted octanol–water partition coefficient (Wildman–Crippen LogP) is 3.22. The third-order valence-electron chi connectivity index (χ3n) is 3.23. The maximum atomic E-state index is 5.93. The molecule has 1 unspecified atom stereocenters. The summed E-state index contributed by atoms with van der Waals surface area (Å²) in [5.74, 6) is 0. The van der Waals surface area contributed by atoms with Crippen LogP contribution in [0.3, 0.4) is 0 Å². The number of thiophene rings is 1. The molecule has 3 nitrogen and oxygen atoms in total. The molecule has 0 spiro atoms. The van der Waals surface area contributed by atoms with E-state index >= 15 is 0 Å². The van der Waals surface area contributed by atoms with Gasteiger partial charge in [-0.2, -0.15) is 4.73 Å². The lowest BCUT2D eigenvalue weighted by Crippen LogP contribution is -2.17. The van der Waals surface area contributed by atoms with E-state index < -0.39 is 0 Å². The van der Waals surface area contributed by atoms with Gasteiger partial charge < -0.3 is 10.6 Å². The molecular weight excluding hydrogens is 268 g/mol. The van der Waals surface area contributed by atoms with E-state index in [2.05, 4.69) is 35.8 Å². The molecule has 0 aliphatic heterocycles. The molecule has 3 aromatic rings. The minimum absolute atomic E-state index is 0.145. The minimum atomic E-state index is 0.145. The predicted molar refractivity (Wildman–Crippen MR) is 83.9 cm³/mol. The number of para-hydroxylation sites is 1. The van der Waals surface area contributed by atoms with Crippen molar-refractivity contribution in [1.82, 2.24) is 4.73 Å². The molecule has 2 aromatic heterocycles. The van der Waals surface area contributed by atoms with Crippen molar-refractivity contribution in [2.75, 3.05) is 0 Å². The first kappa shape index (κ1) is 13.2. The number of hydrogen-bond donors (Lipinski definition) is 1. The second-order valence-electron chi connectivity index (χ2n) is 5.03. The van der Waals surface area contributed by atoms with Gasteiger partial charge in [0, 0.05) is 22.5 Å². The summed E-state index contributed by atoms with van der Waals surface area (Å²) >= 11 is 1.71. The lowest BCUT2D eigenvalue weighted by Gasteiger charge is -2.06. The molecule has 1 aromatic carbocycles. The fourth-order valence-electron chi connectivity index (χ4n) is 2.36. The van der Waals surface area contributed by atoms with Crippen LogP contribution in [0.2, 0.25) is 0 Å². The van der Waals surface area contributed by atoms with E-state index in [9.17, 15) is 0 Å². The van der Waals surface area contributed by atoms with Gasteiger partial charge >= 0.3 is 0 Å². The highest BCUT2D eigenvalue weighted by Gasteiger charge is 2.10. The number of fused-ring (bicyclic) bond motifs is 1. The van der Waals surface area contributed by atoms with E-state index in [4.69, 9.17) is 10.6 Å². The first-order chi connectivity index (χ1) is 9.74. The molecule has 0 aliphatic carbocycles. The summed E-state index contributed by atoms with van der Waals surface area (Å²) in [6.07, 6.45) is 2.91. The highest BCUT2D eigenvalue weighted by Crippen LogP contribution is 2.22. The van der Waals surface area contributed by atoms with Gasteiger partial charge in [-0.25, -0.2) is 0 Å². The van der Waals surface area contributed by atoms with Crippen LogP contribution >= 0.6 is 11.3 Å². The number of rotatable bonds is 5. The van der Waals surface area contributed by atoms with Gasteiger partial charge in [0.2, 0.25) is 0 Å². The van der Waals surface area contributed by atoms with E-state index in [1.54, 1.807) is 11.3 Å². The Kier molecular flexibility index (Phi) is 3.76. The summed E-state index contributed by atoms with van der Waals surface area (Å²) in [4.78, 5) is 7.13. The fraction of sp³-hybridized carbons (Fsp3) is 0.250. The van der Waals surface area contributed by atoms with Crippen LogP contribution in [-0.4, -0.2) is 10.8 Å². The standard InChI is InChI=1S/C16H18N2OS/c1-12(17)9-13-10-18(16-7-3-2-6-15(13)16)19-11-14-5-4-8-20-14/h2-8,10,12H,9,11,17H2,1H3. The number of nitrogens with two attached hydrogens (primary N) is 1.